The van der Waals surface area contributed by atoms with Gasteiger partial charge < -0.3 is 10.1 Å². The lowest BCUT2D eigenvalue weighted by molar-refractivity contribution is -0.137. The van der Waals surface area contributed by atoms with Crippen LogP contribution < -0.4 is 5.32 Å². The Bertz CT molecular complexity index is 877. The number of hydrogen-bond acceptors (Lipinski definition) is 3. The highest BCUT2D eigenvalue weighted by Crippen LogP contribution is 2.31. The van der Waals surface area contributed by atoms with Gasteiger partial charge >= 0.3 is 12.1 Å². The zero-order chi connectivity index (χ0) is 20.7. The van der Waals surface area contributed by atoms with E-state index in [-0.39, 0.29) is 17.1 Å². The quantitative estimate of drug-likeness (QED) is 0.561. The van der Waals surface area contributed by atoms with Crippen molar-refractivity contribution in [3.63, 3.8) is 0 Å². The fourth-order valence-corrected chi connectivity index (χ4v) is 2.52. The Morgan fingerprint density at radius 3 is 2.43 bits per heavy atom. The number of ether oxygens (including phenoxy) is 1. The summed E-state index contributed by atoms with van der Waals surface area (Å²) in [5.74, 6) is -1.13. The maximum Gasteiger partial charge on any atom is 0.416 e. The molecule has 2 aromatic carbocycles. The molecule has 0 unspecified atom stereocenters. The lowest BCUT2D eigenvalue weighted by Crippen LogP contribution is -2.26. The highest BCUT2D eigenvalue weighted by atomic mass is 35.5. The number of methoxy groups -OCH3 is 1. The molecule has 0 aliphatic rings. The van der Waals surface area contributed by atoms with Crippen LogP contribution in [0.3, 0.4) is 0 Å². The van der Waals surface area contributed by atoms with Gasteiger partial charge in [-0.15, -0.1) is 0 Å². The Hall–Kier alpha value is -2.80. The van der Waals surface area contributed by atoms with E-state index in [2.05, 4.69) is 10.1 Å². The molecule has 0 aromatic heterocycles. The zero-order valence-corrected chi connectivity index (χ0v) is 15.6. The van der Waals surface area contributed by atoms with E-state index in [4.69, 9.17) is 11.6 Å². The minimum absolute atomic E-state index is 0.0488. The van der Waals surface area contributed by atoms with Crippen LogP contribution >= 0.6 is 11.6 Å². The Balaban J connectivity index is 1.94. The summed E-state index contributed by atoms with van der Waals surface area (Å²) < 4.78 is 42.9. The van der Waals surface area contributed by atoms with Crippen LogP contribution in [0.25, 0.3) is 6.08 Å². The second-order valence-electron chi connectivity index (χ2n) is 5.80. The minimum atomic E-state index is -4.55. The number of halogens is 4. The van der Waals surface area contributed by atoms with E-state index in [9.17, 15) is 22.8 Å². The van der Waals surface area contributed by atoms with Crippen molar-refractivity contribution >= 4 is 29.6 Å². The summed E-state index contributed by atoms with van der Waals surface area (Å²) in [7, 11) is 1.29. The summed E-state index contributed by atoms with van der Waals surface area (Å²) in [6.07, 6.45) is -1.17. The van der Waals surface area contributed by atoms with Crippen LogP contribution in [-0.4, -0.2) is 25.5 Å². The summed E-state index contributed by atoms with van der Waals surface area (Å²) >= 11 is 5.85. The molecule has 0 heterocycles. The molecule has 0 saturated heterocycles. The third-order valence-corrected chi connectivity index (χ3v) is 4.16. The first kappa shape index (κ1) is 21.5. The van der Waals surface area contributed by atoms with Gasteiger partial charge in [0.2, 0.25) is 0 Å². The topological polar surface area (TPSA) is 55.4 Å². The molecule has 0 aliphatic heterocycles. The Labute approximate surface area is 165 Å². The largest absolute Gasteiger partial charge is 0.466 e. The van der Waals surface area contributed by atoms with E-state index >= 15 is 0 Å². The molecule has 148 valence electrons. The van der Waals surface area contributed by atoms with Gasteiger partial charge in [0.05, 0.1) is 23.3 Å². The predicted octanol–water partition coefficient (Wildman–Crippen LogP) is 4.52. The highest BCUT2D eigenvalue weighted by Gasteiger charge is 2.31. The molecule has 0 radical (unpaired) electrons. The molecule has 8 heteroatoms. The van der Waals surface area contributed by atoms with E-state index in [1.165, 1.54) is 13.2 Å². The Morgan fingerprint density at radius 1 is 1.14 bits per heavy atom. The van der Waals surface area contributed by atoms with Gasteiger partial charge in [0.25, 0.3) is 5.91 Å². The molecule has 0 aliphatic carbocycles. The van der Waals surface area contributed by atoms with Crippen LogP contribution in [0.15, 0.2) is 48.5 Å². The predicted molar refractivity (Wildman–Crippen MR) is 100.0 cm³/mol. The van der Waals surface area contributed by atoms with Crippen molar-refractivity contribution in [2.24, 2.45) is 0 Å². The molecule has 0 saturated carbocycles. The number of carbonyl (C=O) groups excluding carboxylic acids is 2. The van der Waals surface area contributed by atoms with E-state index < -0.39 is 23.6 Å². The number of rotatable bonds is 6. The number of carbonyl (C=O) groups is 2. The molecule has 0 fully saturated rings. The standard InChI is InChI=1S/C20H17ClF3NO3/c1-28-18(26)9-6-13-2-4-14(5-3-13)10-11-25-19(27)16-12-15(20(22,23)24)7-8-17(16)21/h2-9,12H,10-11H2,1H3,(H,25,27)/b9-6+. The molecule has 1 amide bonds. The van der Waals surface area contributed by atoms with Crippen molar-refractivity contribution in [3.05, 3.63) is 75.8 Å². The number of benzene rings is 2. The SMILES string of the molecule is COC(=O)/C=C/c1ccc(CCNC(=O)c2cc(C(F)(F)F)ccc2Cl)cc1. The fraction of sp³-hybridized carbons (Fsp3) is 0.200. The molecule has 2 rings (SSSR count). The number of hydrogen-bond donors (Lipinski definition) is 1. The zero-order valence-electron chi connectivity index (χ0n) is 14.8. The van der Waals surface area contributed by atoms with Gasteiger partial charge in [0.15, 0.2) is 0 Å². The van der Waals surface area contributed by atoms with Crippen molar-refractivity contribution in [3.8, 4) is 0 Å². The highest BCUT2D eigenvalue weighted by molar-refractivity contribution is 6.33. The van der Waals surface area contributed by atoms with Gasteiger partial charge in [0.1, 0.15) is 0 Å². The molecular weight excluding hydrogens is 395 g/mol. The molecule has 1 N–H and O–H groups in total. The molecule has 0 bridgehead atoms. The van der Waals surface area contributed by atoms with Crippen molar-refractivity contribution in [1.82, 2.24) is 5.32 Å². The molecule has 0 atom stereocenters. The number of nitrogens with one attached hydrogen (secondary N) is 1. The third kappa shape index (κ3) is 6.13. The maximum atomic E-state index is 12.8. The van der Waals surface area contributed by atoms with Crippen LogP contribution in [0, 0.1) is 0 Å². The van der Waals surface area contributed by atoms with Gasteiger partial charge in [-0.3, -0.25) is 4.79 Å². The number of amides is 1. The van der Waals surface area contributed by atoms with Gasteiger partial charge in [0, 0.05) is 12.6 Å². The van der Waals surface area contributed by atoms with Crippen molar-refractivity contribution in [2.45, 2.75) is 12.6 Å². The minimum Gasteiger partial charge on any atom is -0.466 e. The first-order chi connectivity index (χ1) is 13.2. The molecule has 28 heavy (non-hydrogen) atoms. The first-order valence-electron chi connectivity index (χ1n) is 8.20. The van der Waals surface area contributed by atoms with E-state index in [0.29, 0.717) is 6.42 Å². The second kappa shape index (κ2) is 9.41. The summed E-state index contributed by atoms with van der Waals surface area (Å²) in [6, 6.07) is 9.84. The summed E-state index contributed by atoms with van der Waals surface area (Å²) in [5, 5.41) is 2.51. The second-order valence-corrected chi connectivity index (χ2v) is 6.20. The van der Waals surface area contributed by atoms with Crippen molar-refractivity contribution in [2.75, 3.05) is 13.7 Å². The number of alkyl halides is 3. The van der Waals surface area contributed by atoms with Gasteiger partial charge in [-0.25, -0.2) is 4.79 Å². The summed E-state index contributed by atoms with van der Waals surface area (Å²) in [5.41, 5.74) is 0.553. The fourth-order valence-electron chi connectivity index (χ4n) is 2.32. The Morgan fingerprint density at radius 2 is 1.82 bits per heavy atom. The van der Waals surface area contributed by atoms with Gasteiger partial charge in [-0.1, -0.05) is 35.9 Å². The average Bonchev–Trinajstić information content (AvgIpc) is 2.66. The molecule has 0 spiro atoms. The third-order valence-electron chi connectivity index (χ3n) is 3.83. The van der Waals surface area contributed by atoms with Crippen LogP contribution in [0.2, 0.25) is 5.02 Å². The maximum absolute atomic E-state index is 12.8. The molecule has 2 aromatic rings. The lowest BCUT2D eigenvalue weighted by Gasteiger charge is -2.11. The van der Waals surface area contributed by atoms with E-state index in [1.807, 2.05) is 12.1 Å². The van der Waals surface area contributed by atoms with Gasteiger partial charge in [-0.2, -0.15) is 13.2 Å². The summed E-state index contributed by atoms with van der Waals surface area (Å²) in [4.78, 5) is 23.2. The smallest absolute Gasteiger partial charge is 0.416 e. The average molecular weight is 412 g/mol. The lowest BCUT2D eigenvalue weighted by atomic mass is 10.1. The normalized spacial score (nSPS) is 11.5. The van der Waals surface area contributed by atoms with Crippen LogP contribution in [0.4, 0.5) is 13.2 Å². The Kier molecular flexibility index (Phi) is 7.23. The molecular formula is C20H17ClF3NO3. The summed E-state index contributed by atoms with van der Waals surface area (Å²) in [6.45, 7) is 0.225. The van der Waals surface area contributed by atoms with Crippen LogP contribution in [0.5, 0.6) is 0 Å². The van der Waals surface area contributed by atoms with Crippen molar-refractivity contribution < 1.29 is 27.5 Å². The molecule has 4 nitrogen and oxygen atoms in total. The first-order valence-corrected chi connectivity index (χ1v) is 8.58. The van der Waals surface area contributed by atoms with Gasteiger partial charge in [-0.05, 0) is 41.8 Å². The van der Waals surface area contributed by atoms with Crippen LogP contribution in [-0.2, 0) is 22.1 Å². The van der Waals surface area contributed by atoms with E-state index in [0.717, 1.165) is 29.3 Å². The van der Waals surface area contributed by atoms with Crippen LogP contribution in [0.1, 0.15) is 27.0 Å². The van der Waals surface area contributed by atoms with E-state index in [1.54, 1.807) is 18.2 Å². The number of esters is 1. The monoisotopic (exact) mass is 411 g/mol. The van der Waals surface area contributed by atoms with Crippen molar-refractivity contribution in [1.29, 1.82) is 0 Å².